The summed E-state index contributed by atoms with van der Waals surface area (Å²) in [6.45, 7) is 1.54. The van der Waals surface area contributed by atoms with Crippen LogP contribution in [0.4, 0.5) is 0 Å². The van der Waals surface area contributed by atoms with E-state index in [1.165, 1.54) is 4.90 Å². The lowest BCUT2D eigenvalue weighted by atomic mass is 9.66. The summed E-state index contributed by atoms with van der Waals surface area (Å²) in [6.07, 6.45) is 1.35. The summed E-state index contributed by atoms with van der Waals surface area (Å²) in [5, 5.41) is 24.4. The van der Waals surface area contributed by atoms with Crippen LogP contribution in [0.15, 0.2) is 54.6 Å². The standard InChI is InChI=1S/C28H32N6O5/c1-27-12-13-28(39-27)22(21(27)24(36)29-2)26(38)34(18(15-35)14-17-8-4-3-5-9-17)23(28)25(37)30-16-33-20-11-7-6-10-19(20)31-32-33/h3-11,18,21-23,35H,12-16H2,1-2H3,(H,29,36)(H,30,37)/t18-,21-,22+,23?,27+,28?/m1/s1. The Kier molecular flexibility index (Phi) is 6.15. The van der Waals surface area contributed by atoms with E-state index >= 15 is 0 Å². The first-order chi connectivity index (χ1) is 18.8. The number of aromatic nitrogens is 3. The Morgan fingerprint density at radius 3 is 2.62 bits per heavy atom. The van der Waals surface area contributed by atoms with E-state index in [-0.39, 0.29) is 25.1 Å². The second kappa shape index (κ2) is 9.42. The van der Waals surface area contributed by atoms with Crippen molar-refractivity contribution in [1.82, 2.24) is 30.5 Å². The van der Waals surface area contributed by atoms with E-state index in [1.54, 1.807) is 11.7 Å². The first-order valence-electron chi connectivity index (χ1n) is 13.3. The second-order valence-corrected chi connectivity index (χ2v) is 10.9. The molecule has 0 saturated carbocycles. The van der Waals surface area contributed by atoms with Crippen LogP contribution in [0.5, 0.6) is 0 Å². The number of benzene rings is 2. The Morgan fingerprint density at radius 1 is 1.13 bits per heavy atom. The fourth-order valence-electron chi connectivity index (χ4n) is 7.03. The van der Waals surface area contributed by atoms with Crippen LogP contribution >= 0.6 is 0 Å². The number of carbonyl (C=O) groups excluding carboxylic acids is 3. The maximum absolute atomic E-state index is 14.2. The van der Waals surface area contributed by atoms with Crippen molar-refractivity contribution in [1.29, 1.82) is 0 Å². The van der Waals surface area contributed by atoms with E-state index in [0.717, 1.165) is 11.1 Å². The molecule has 3 aliphatic rings. The van der Waals surface area contributed by atoms with E-state index in [0.29, 0.717) is 24.8 Å². The zero-order chi connectivity index (χ0) is 27.4. The molecule has 3 fully saturated rings. The van der Waals surface area contributed by atoms with Gasteiger partial charge in [0.05, 0.1) is 35.6 Å². The van der Waals surface area contributed by atoms with Crippen LogP contribution in [-0.2, 0) is 32.2 Å². The zero-order valence-electron chi connectivity index (χ0n) is 21.9. The van der Waals surface area contributed by atoms with Crippen molar-refractivity contribution in [2.75, 3.05) is 13.7 Å². The number of fused-ring (bicyclic) bond motifs is 2. The molecule has 4 heterocycles. The molecule has 3 N–H and O–H groups in total. The highest BCUT2D eigenvalue weighted by Gasteiger charge is 2.78. The molecule has 11 nitrogen and oxygen atoms in total. The average molecular weight is 533 g/mol. The van der Waals surface area contributed by atoms with Gasteiger partial charge in [-0.3, -0.25) is 14.4 Å². The quantitative estimate of drug-likeness (QED) is 0.387. The van der Waals surface area contributed by atoms with E-state index in [1.807, 2.05) is 61.5 Å². The number of nitrogens with zero attached hydrogens (tertiary/aromatic N) is 4. The topological polar surface area (TPSA) is 139 Å². The highest BCUT2D eigenvalue weighted by atomic mass is 16.5. The molecule has 6 atom stereocenters. The van der Waals surface area contributed by atoms with Gasteiger partial charge >= 0.3 is 0 Å². The lowest BCUT2D eigenvalue weighted by Gasteiger charge is -2.37. The number of nitrogens with one attached hydrogen (secondary N) is 2. The molecule has 3 aliphatic heterocycles. The van der Waals surface area contributed by atoms with E-state index in [4.69, 9.17) is 4.74 Å². The van der Waals surface area contributed by atoms with Gasteiger partial charge in [0.2, 0.25) is 17.7 Å². The zero-order valence-corrected chi connectivity index (χ0v) is 21.9. The second-order valence-electron chi connectivity index (χ2n) is 10.9. The first-order valence-corrected chi connectivity index (χ1v) is 13.3. The lowest BCUT2D eigenvalue weighted by molar-refractivity contribution is -0.149. The molecule has 3 saturated heterocycles. The normalized spacial score (nSPS) is 30.0. The summed E-state index contributed by atoms with van der Waals surface area (Å²) >= 11 is 0. The number of ether oxygens (including phenoxy) is 1. The van der Waals surface area contributed by atoms with Gasteiger partial charge in [0.15, 0.2) is 0 Å². The van der Waals surface area contributed by atoms with Crippen molar-refractivity contribution < 1.29 is 24.2 Å². The van der Waals surface area contributed by atoms with E-state index < -0.39 is 41.0 Å². The largest absolute Gasteiger partial charge is 0.394 e. The number of rotatable bonds is 8. The fourth-order valence-corrected chi connectivity index (χ4v) is 7.03. The Morgan fingerprint density at radius 2 is 1.87 bits per heavy atom. The molecule has 204 valence electrons. The van der Waals surface area contributed by atoms with Gasteiger partial charge in [0, 0.05) is 7.05 Å². The molecule has 1 aromatic heterocycles. The molecule has 3 aromatic rings. The number of aliphatic hydroxyl groups is 1. The number of likely N-dealkylation sites (tertiary alicyclic amines) is 1. The minimum atomic E-state index is -1.18. The summed E-state index contributed by atoms with van der Waals surface area (Å²) in [5.74, 6) is -2.61. The Bertz CT molecular complexity index is 1430. The molecule has 11 heteroatoms. The molecule has 0 radical (unpaired) electrons. The van der Waals surface area contributed by atoms with E-state index in [2.05, 4.69) is 20.9 Å². The van der Waals surface area contributed by atoms with Crippen LogP contribution in [0, 0.1) is 11.8 Å². The minimum Gasteiger partial charge on any atom is -0.394 e. The van der Waals surface area contributed by atoms with Crippen LogP contribution in [0.1, 0.15) is 25.3 Å². The minimum absolute atomic E-state index is 0.0389. The first kappa shape index (κ1) is 25.4. The predicted molar refractivity (Wildman–Crippen MR) is 140 cm³/mol. The van der Waals surface area contributed by atoms with Gasteiger partial charge in [-0.1, -0.05) is 47.7 Å². The third kappa shape index (κ3) is 3.82. The summed E-state index contributed by atoms with van der Waals surface area (Å²) in [5.41, 5.74) is 0.344. The summed E-state index contributed by atoms with van der Waals surface area (Å²) in [4.78, 5) is 42.8. The number of hydrogen-bond donors (Lipinski definition) is 3. The third-order valence-corrected chi connectivity index (χ3v) is 8.73. The molecule has 2 aromatic carbocycles. The number of amides is 3. The molecule has 2 bridgehead atoms. The van der Waals surface area contributed by atoms with Crippen molar-refractivity contribution in [2.24, 2.45) is 11.8 Å². The van der Waals surface area contributed by atoms with Crippen LogP contribution in [0.2, 0.25) is 0 Å². The van der Waals surface area contributed by atoms with Crippen molar-refractivity contribution >= 4 is 28.8 Å². The van der Waals surface area contributed by atoms with Gasteiger partial charge in [0.25, 0.3) is 0 Å². The number of hydrogen-bond acceptors (Lipinski definition) is 7. The van der Waals surface area contributed by atoms with Crippen LogP contribution in [0.3, 0.4) is 0 Å². The molecule has 2 unspecified atom stereocenters. The van der Waals surface area contributed by atoms with Crippen molar-refractivity contribution in [3.05, 3.63) is 60.2 Å². The smallest absolute Gasteiger partial charge is 0.247 e. The maximum atomic E-state index is 14.2. The van der Waals surface area contributed by atoms with Gasteiger partial charge < -0.3 is 25.4 Å². The van der Waals surface area contributed by atoms with E-state index in [9.17, 15) is 19.5 Å². The van der Waals surface area contributed by atoms with Crippen LogP contribution in [-0.4, -0.2) is 79.7 Å². The summed E-state index contributed by atoms with van der Waals surface area (Å²) in [6, 6.07) is 15.2. The molecular weight excluding hydrogens is 500 g/mol. The molecule has 6 rings (SSSR count). The highest BCUT2D eigenvalue weighted by molar-refractivity contribution is 5.99. The predicted octanol–water partition coefficient (Wildman–Crippen LogP) is 0.619. The fraction of sp³-hybridized carbons (Fsp3) is 0.464. The number of para-hydroxylation sites is 1. The summed E-state index contributed by atoms with van der Waals surface area (Å²) < 4.78 is 8.17. The average Bonchev–Trinajstić information content (AvgIpc) is 3.66. The van der Waals surface area contributed by atoms with Gasteiger partial charge in [0.1, 0.15) is 23.8 Å². The maximum Gasteiger partial charge on any atom is 0.247 e. The van der Waals surface area contributed by atoms with Crippen LogP contribution in [0.25, 0.3) is 11.0 Å². The lowest BCUT2D eigenvalue weighted by Crippen LogP contribution is -2.58. The van der Waals surface area contributed by atoms with Gasteiger partial charge in [-0.05, 0) is 43.9 Å². The molecule has 39 heavy (non-hydrogen) atoms. The van der Waals surface area contributed by atoms with Gasteiger partial charge in [-0.2, -0.15) is 0 Å². The Hall–Kier alpha value is -3.83. The highest BCUT2D eigenvalue weighted by Crippen LogP contribution is 2.63. The SMILES string of the molecule is CNC(=O)[C@H]1[C@H]2C(=O)N([C@@H](CO)Cc3ccccc3)C(C(=O)NCn3nnc4ccccc43)C23CC[C@]1(C)O3. The molecule has 0 aliphatic carbocycles. The Balaban J connectivity index is 1.37. The van der Waals surface area contributed by atoms with Gasteiger partial charge in [-0.25, -0.2) is 4.68 Å². The monoisotopic (exact) mass is 532 g/mol. The van der Waals surface area contributed by atoms with Crippen molar-refractivity contribution in [2.45, 2.75) is 56.1 Å². The van der Waals surface area contributed by atoms with Crippen LogP contribution < -0.4 is 10.6 Å². The molecular formula is C28H32N6O5. The van der Waals surface area contributed by atoms with Gasteiger partial charge in [-0.15, -0.1) is 5.10 Å². The Labute approximate surface area is 225 Å². The summed E-state index contributed by atoms with van der Waals surface area (Å²) in [7, 11) is 1.54. The molecule has 3 amide bonds. The van der Waals surface area contributed by atoms with Crippen molar-refractivity contribution in [3.8, 4) is 0 Å². The molecule has 1 spiro atoms. The number of aliphatic hydroxyl groups excluding tert-OH is 1. The number of carbonyl (C=O) groups is 3. The van der Waals surface area contributed by atoms with Crippen molar-refractivity contribution in [3.63, 3.8) is 0 Å². The third-order valence-electron chi connectivity index (χ3n) is 8.73.